The number of hydrogen-bond donors (Lipinski definition) is 2. The Hall–Kier alpha value is -1.90. The second kappa shape index (κ2) is 6.32. The minimum atomic E-state index is -0.0850. The van der Waals surface area contributed by atoms with Gasteiger partial charge in [0.2, 0.25) is 5.91 Å². The highest BCUT2D eigenvalue weighted by Crippen LogP contribution is 2.14. The zero-order chi connectivity index (χ0) is 13.7. The van der Waals surface area contributed by atoms with Gasteiger partial charge in [0.05, 0.1) is 17.8 Å². The third-order valence-electron chi connectivity index (χ3n) is 3.32. The Morgan fingerprint density at radius 1 is 1.42 bits per heavy atom. The maximum Gasteiger partial charge on any atom is 0.238 e. The molecule has 0 spiro atoms. The van der Waals surface area contributed by atoms with Gasteiger partial charge in [-0.15, -0.1) is 0 Å². The predicted octanol–water partition coefficient (Wildman–Crippen LogP) is 0.920. The summed E-state index contributed by atoms with van der Waals surface area (Å²) in [6.45, 7) is 2.06. The Bertz CT molecular complexity index is 486. The second-order valence-electron chi connectivity index (χ2n) is 4.82. The number of rotatable bonds is 3. The van der Waals surface area contributed by atoms with E-state index in [0.29, 0.717) is 17.8 Å². The van der Waals surface area contributed by atoms with E-state index in [1.807, 2.05) is 0 Å². The first-order valence-electron chi connectivity index (χ1n) is 6.46. The van der Waals surface area contributed by atoms with Crippen molar-refractivity contribution in [2.24, 2.45) is 5.73 Å². The highest BCUT2D eigenvalue weighted by molar-refractivity contribution is 5.93. The maximum atomic E-state index is 11.9. The fourth-order valence-electron chi connectivity index (χ4n) is 2.19. The van der Waals surface area contributed by atoms with E-state index < -0.39 is 0 Å². The minimum Gasteiger partial charge on any atom is -0.328 e. The van der Waals surface area contributed by atoms with Gasteiger partial charge in [-0.3, -0.25) is 9.69 Å². The molecule has 0 radical (unpaired) electrons. The lowest BCUT2D eigenvalue weighted by Gasteiger charge is -2.29. The van der Waals surface area contributed by atoms with Crippen molar-refractivity contribution in [1.82, 2.24) is 4.90 Å². The molecule has 1 aliphatic rings. The molecule has 0 atom stereocenters. The standard InChI is InChI=1S/C14H18N4O/c15-9-11-3-1-2-4-13(11)17-14(19)10-18-7-5-12(16)6-8-18/h1-4,12H,5-8,10,16H2,(H,17,19). The molecule has 19 heavy (non-hydrogen) atoms. The van der Waals surface area contributed by atoms with Gasteiger partial charge in [0.1, 0.15) is 6.07 Å². The van der Waals surface area contributed by atoms with Gasteiger partial charge < -0.3 is 11.1 Å². The van der Waals surface area contributed by atoms with Crippen LogP contribution in [0.2, 0.25) is 0 Å². The number of nitrogens with one attached hydrogen (secondary N) is 1. The Balaban J connectivity index is 1.89. The van der Waals surface area contributed by atoms with Gasteiger partial charge in [-0.25, -0.2) is 0 Å². The summed E-state index contributed by atoms with van der Waals surface area (Å²) in [6, 6.07) is 9.34. The summed E-state index contributed by atoms with van der Waals surface area (Å²) in [6.07, 6.45) is 1.87. The van der Waals surface area contributed by atoms with Crippen LogP contribution in [0.5, 0.6) is 0 Å². The Morgan fingerprint density at radius 3 is 2.79 bits per heavy atom. The van der Waals surface area contributed by atoms with Gasteiger partial charge in [-0.2, -0.15) is 5.26 Å². The lowest BCUT2D eigenvalue weighted by molar-refractivity contribution is -0.117. The lowest BCUT2D eigenvalue weighted by atomic mass is 10.1. The summed E-state index contributed by atoms with van der Waals surface area (Å²) >= 11 is 0. The van der Waals surface area contributed by atoms with Gasteiger partial charge in [0, 0.05) is 19.1 Å². The van der Waals surface area contributed by atoms with Crippen LogP contribution in [0.25, 0.3) is 0 Å². The van der Waals surface area contributed by atoms with Crippen molar-refractivity contribution in [1.29, 1.82) is 5.26 Å². The number of nitrogens with zero attached hydrogens (tertiary/aromatic N) is 2. The van der Waals surface area contributed by atoms with Crippen molar-refractivity contribution in [3.63, 3.8) is 0 Å². The molecule has 1 heterocycles. The summed E-state index contributed by atoms with van der Waals surface area (Å²) in [7, 11) is 0. The van der Waals surface area contributed by atoms with Gasteiger partial charge in [0.25, 0.3) is 0 Å². The van der Waals surface area contributed by atoms with Gasteiger partial charge in [-0.05, 0) is 25.0 Å². The fraction of sp³-hybridized carbons (Fsp3) is 0.429. The Labute approximate surface area is 113 Å². The molecular weight excluding hydrogens is 240 g/mol. The summed E-state index contributed by atoms with van der Waals surface area (Å²) in [4.78, 5) is 14.0. The molecule has 1 amide bonds. The molecule has 0 aromatic heterocycles. The summed E-state index contributed by atoms with van der Waals surface area (Å²) in [5.41, 5.74) is 6.88. The molecule has 1 saturated heterocycles. The predicted molar refractivity (Wildman–Crippen MR) is 73.4 cm³/mol. The number of benzene rings is 1. The number of carbonyl (C=O) groups is 1. The van der Waals surface area contributed by atoms with Crippen LogP contribution in [-0.4, -0.2) is 36.5 Å². The molecule has 1 aliphatic heterocycles. The summed E-state index contributed by atoms with van der Waals surface area (Å²) in [5, 5.41) is 11.7. The Morgan fingerprint density at radius 2 is 2.11 bits per heavy atom. The van der Waals surface area contributed by atoms with Crippen LogP contribution >= 0.6 is 0 Å². The second-order valence-corrected chi connectivity index (χ2v) is 4.82. The maximum absolute atomic E-state index is 11.9. The highest BCUT2D eigenvalue weighted by Gasteiger charge is 2.18. The lowest BCUT2D eigenvalue weighted by Crippen LogP contribution is -2.43. The van der Waals surface area contributed by atoms with E-state index in [1.165, 1.54) is 0 Å². The van der Waals surface area contributed by atoms with E-state index in [0.717, 1.165) is 25.9 Å². The monoisotopic (exact) mass is 258 g/mol. The molecule has 2 rings (SSSR count). The van der Waals surface area contributed by atoms with Crippen molar-refractivity contribution in [3.8, 4) is 6.07 Å². The average molecular weight is 258 g/mol. The van der Waals surface area contributed by atoms with Crippen molar-refractivity contribution in [2.45, 2.75) is 18.9 Å². The molecule has 3 N–H and O–H groups in total. The largest absolute Gasteiger partial charge is 0.328 e. The number of amides is 1. The third-order valence-corrected chi connectivity index (χ3v) is 3.32. The van der Waals surface area contributed by atoms with Crippen molar-refractivity contribution in [2.75, 3.05) is 25.0 Å². The number of hydrogen-bond acceptors (Lipinski definition) is 4. The van der Waals surface area contributed by atoms with Crippen molar-refractivity contribution in [3.05, 3.63) is 29.8 Å². The third kappa shape index (κ3) is 3.78. The van der Waals surface area contributed by atoms with Crippen LogP contribution < -0.4 is 11.1 Å². The molecule has 5 nitrogen and oxygen atoms in total. The molecule has 100 valence electrons. The van der Waals surface area contributed by atoms with E-state index in [-0.39, 0.29) is 11.9 Å². The molecule has 0 bridgehead atoms. The van der Waals surface area contributed by atoms with Crippen molar-refractivity contribution >= 4 is 11.6 Å². The molecule has 0 saturated carbocycles. The average Bonchev–Trinajstić information content (AvgIpc) is 2.42. The first kappa shape index (κ1) is 13.5. The van der Waals surface area contributed by atoms with Gasteiger partial charge in [0.15, 0.2) is 0 Å². The van der Waals surface area contributed by atoms with Gasteiger partial charge >= 0.3 is 0 Å². The molecule has 5 heteroatoms. The quantitative estimate of drug-likeness (QED) is 0.844. The molecule has 1 aromatic rings. The van der Waals surface area contributed by atoms with Crippen molar-refractivity contribution < 1.29 is 4.79 Å². The number of piperidine rings is 1. The van der Waals surface area contributed by atoms with E-state index in [2.05, 4.69) is 16.3 Å². The highest BCUT2D eigenvalue weighted by atomic mass is 16.2. The normalized spacial score (nSPS) is 16.8. The number of anilines is 1. The van der Waals surface area contributed by atoms with Gasteiger partial charge in [-0.1, -0.05) is 12.1 Å². The van der Waals surface area contributed by atoms with E-state index in [9.17, 15) is 4.79 Å². The van der Waals surface area contributed by atoms with Crippen LogP contribution in [-0.2, 0) is 4.79 Å². The zero-order valence-electron chi connectivity index (χ0n) is 10.8. The topological polar surface area (TPSA) is 82.2 Å². The molecule has 1 fully saturated rings. The van der Waals surface area contributed by atoms with Crippen LogP contribution in [0.3, 0.4) is 0 Å². The van der Waals surface area contributed by atoms with E-state index >= 15 is 0 Å². The summed E-state index contributed by atoms with van der Waals surface area (Å²) in [5.74, 6) is -0.0850. The number of carbonyl (C=O) groups excluding carboxylic acids is 1. The number of nitrogens with two attached hydrogens (primary N) is 1. The minimum absolute atomic E-state index is 0.0850. The first-order valence-corrected chi connectivity index (χ1v) is 6.46. The number of nitriles is 1. The summed E-state index contributed by atoms with van der Waals surface area (Å²) < 4.78 is 0. The van der Waals surface area contributed by atoms with E-state index in [4.69, 9.17) is 11.0 Å². The number of para-hydroxylation sites is 1. The number of likely N-dealkylation sites (tertiary alicyclic amines) is 1. The Kier molecular flexibility index (Phi) is 4.50. The fourth-order valence-corrected chi connectivity index (χ4v) is 2.19. The SMILES string of the molecule is N#Cc1ccccc1NC(=O)CN1CCC(N)CC1. The van der Waals surface area contributed by atoms with Crippen LogP contribution in [0, 0.1) is 11.3 Å². The molecule has 0 unspecified atom stereocenters. The van der Waals surface area contributed by atoms with Crippen LogP contribution in [0.15, 0.2) is 24.3 Å². The smallest absolute Gasteiger partial charge is 0.238 e. The molecule has 1 aromatic carbocycles. The van der Waals surface area contributed by atoms with Crippen LogP contribution in [0.1, 0.15) is 18.4 Å². The van der Waals surface area contributed by atoms with Crippen LogP contribution in [0.4, 0.5) is 5.69 Å². The zero-order valence-corrected chi connectivity index (χ0v) is 10.8. The molecular formula is C14H18N4O. The first-order chi connectivity index (χ1) is 9.19. The molecule has 0 aliphatic carbocycles. The van der Waals surface area contributed by atoms with E-state index in [1.54, 1.807) is 24.3 Å².